The molecular formula is C10H11Cl2N. The SMILES string of the molecule is Clc1ccnc2c1CCCCC2Cl. The minimum atomic E-state index is 0.0520. The van der Waals surface area contributed by atoms with Crippen molar-refractivity contribution in [3.05, 3.63) is 28.5 Å². The van der Waals surface area contributed by atoms with Gasteiger partial charge in [0.05, 0.1) is 11.1 Å². The molecule has 0 fully saturated rings. The summed E-state index contributed by atoms with van der Waals surface area (Å²) in [6, 6.07) is 1.84. The Bertz CT molecular complexity index is 312. The van der Waals surface area contributed by atoms with Crippen LogP contribution in [-0.4, -0.2) is 4.98 Å². The van der Waals surface area contributed by atoms with Crippen LogP contribution in [0, 0.1) is 0 Å². The van der Waals surface area contributed by atoms with Crippen molar-refractivity contribution in [2.24, 2.45) is 0 Å². The number of hydrogen-bond donors (Lipinski definition) is 0. The molecule has 1 nitrogen and oxygen atoms in total. The van der Waals surface area contributed by atoms with Crippen molar-refractivity contribution in [1.29, 1.82) is 0 Å². The summed E-state index contributed by atoms with van der Waals surface area (Å²) in [5.41, 5.74) is 2.15. The van der Waals surface area contributed by atoms with E-state index in [9.17, 15) is 0 Å². The molecule has 0 saturated heterocycles. The van der Waals surface area contributed by atoms with Crippen LogP contribution >= 0.6 is 23.2 Å². The first-order chi connectivity index (χ1) is 6.29. The highest BCUT2D eigenvalue weighted by atomic mass is 35.5. The quantitative estimate of drug-likeness (QED) is 0.475. The minimum absolute atomic E-state index is 0.0520. The van der Waals surface area contributed by atoms with Crippen LogP contribution in [0.15, 0.2) is 12.3 Å². The van der Waals surface area contributed by atoms with Crippen LogP contribution in [0.2, 0.25) is 5.02 Å². The van der Waals surface area contributed by atoms with Crippen LogP contribution in [-0.2, 0) is 6.42 Å². The predicted octanol–water partition coefficient (Wildman–Crippen LogP) is 3.74. The Labute approximate surface area is 88.1 Å². The third-order valence-corrected chi connectivity index (χ3v) is 3.24. The van der Waals surface area contributed by atoms with Crippen molar-refractivity contribution >= 4 is 23.2 Å². The molecule has 0 aliphatic heterocycles. The van der Waals surface area contributed by atoms with Gasteiger partial charge in [0.2, 0.25) is 0 Å². The monoisotopic (exact) mass is 215 g/mol. The van der Waals surface area contributed by atoms with Gasteiger partial charge in [-0.25, -0.2) is 0 Å². The summed E-state index contributed by atoms with van der Waals surface area (Å²) in [7, 11) is 0. The highest BCUT2D eigenvalue weighted by Crippen LogP contribution is 2.34. The summed E-state index contributed by atoms with van der Waals surface area (Å²) in [5, 5.41) is 0.869. The number of fused-ring (bicyclic) bond motifs is 1. The molecule has 1 unspecified atom stereocenters. The predicted molar refractivity (Wildman–Crippen MR) is 55.4 cm³/mol. The van der Waals surface area contributed by atoms with Crippen molar-refractivity contribution in [2.75, 3.05) is 0 Å². The molecule has 0 amide bonds. The highest BCUT2D eigenvalue weighted by molar-refractivity contribution is 6.31. The van der Waals surface area contributed by atoms with Gasteiger partial charge in [0.15, 0.2) is 0 Å². The fourth-order valence-corrected chi connectivity index (χ4v) is 2.35. The lowest BCUT2D eigenvalue weighted by molar-refractivity contribution is 0.695. The second kappa shape index (κ2) is 3.85. The molecule has 0 radical (unpaired) electrons. The third-order valence-electron chi connectivity index (χ3n) is 2.46. The maximum absolute atomic E-state index is 6.20. The van der Waals surface area contributed by atoms with Crippen molar-refractivity contribution in [1.82, 2.24) is 4.98 Å². The molecule has 13 heavy (non-hydrogen) atoms. The van der Waals surface area contributed by atoms with Gasteiger partial charge in [0.25, 0.3) is 0 Å². The van der Waals surface area contributed by atoms with Gasteiger partial charge in [-0.15, -0.1) is 11.6 Å². The van der Waals surface area contributed by atoms with Gasteiger partial charge >= 0.3 is 0 Å². The second-order valence-corrected chi connectivity index (χ2v) is 4.30. The van der Waals surface area contributed by atoms with Gasteiger partial charge < -0.3 is 0 Å². The molecule has 0 saturated carbocycles. The van der Waals surface area contributed by atoms with Crippen LogP contribution in [0.3, 0.4) is 0 Å². The molecular weight excluding hydrogens is 205 g/mol. The summed E-state index contributed by atoms with van der Waals surface area (Å²) in [6.07, 6.45) is 6.11. The van der Waals surface area contributed by atoms with E-state index in [2.05, 4.69) is 4.98 Å². The van der Waals surface area contributed by atoms with E-state index >= 15 is 0 Å². The number of nitrogens with zero attached hydrogens (tertiary/aromatic N) is 1. The van der Waals surface area contributed by atoms with Gasteiger partial charge in [0, 0.05) is 11.2 Å². The number of pyridine rings is 1. The highest BCUT2D eigenvalue weighted by Gasteiger charge is 2.19. The molecule has 70 valence electrons. The molecule has 0 spiro atoms. The standard InChI is InChI=1S/C10H11Cl2N/c11-8-5-6-13-10-7(8)3-1-2-4-9(10)12/h5-6,9H,1-4H2. The van der Waals surface area contributed by atoms with Crippen LogP contribution in [0.1, 0.15) is 35.9 Å². The largest absolute Gasteiger partial charge is 0.259 e. The van der Waals surface area contributed by atoms with E-state index in [0.29, 0.717) is 0 Å². The van der Waals surface area contributed by atoms with E-state index in [0.717, 1.165) is 29.1 Å². The molecule has 3 heteroatoms. The normalized spacial score (nSPS) is 22.2. The number of halogens is 2. The molecule has 1 aromatic heterocycles. The zero-order chi connectivity index (χ0) is 9.26. The molecule has 1 heterocycles. The van der Waals surface area contributed by atoms with Crippen molar-refractivity contribution < 1.29 is 0 Å². The van der Waals surface area contributed by atoms with E-state index in [1.165, 1.54) is 12.8 Å². The first-order valence-electron chi connectivity index (χ1n) is 4.56. The van der Waals surface area contributed by atoms with E-state index in [-0.39, 0.29) is 5.38 Å². The lowest BCUT2D eigenvalue weighted by Crippen LogP contribution is -1.97. The zero-order valence-corrected chi connectivity index (χ0v) is 8.78. The average molecular weight is 216 g/mol. The van der Waals surface area contributed by atoms with Gasteiger partial charge in [0.1, 0.15) is 0 Å². The number of aromatic nitrogens is 1. The average Bonchev–Trinajstić information content (AvgIpc) is 2.30. The number of hydrogen-bond acceptors (Lipinski definition) is 1. The number of rotatable bonds is 0. The maximum atomic E-state index is 6.20. The Morgan fingerprint density at radius 3 is 3.08 bits per heavy atom. The summed E-state index contributed by atoms with van der Waals surface area (Å²) >= 11 is 12.3. The Balaban J connectivity index is 2.47. The van der Waals surface area contributed by atoms with E-state index in [4.69, 9.17) is 23.2 Å². The molecule has 2 rings (SSSR count). The van der Waals surface area contributed by atoms with Crippen molar-refractivity contribution in [3.8, 4) is 0 Å². The molecule has 1 aliphatic rings. The van der Waals surface area contributed by atoms with E-state index < -0.39 is 0 Å². The molecule has 0 N–H and O–H groups in total. The lowest BCUT2D eigenvalue weighted by atomic mass is 10.1. The molecule has 1 atom stereocenters. The van der Waals surface area contributed by atoms with Gasteiger partial charge in [-0.05, 0) is 30.9 Å². The Morgan fingerprint density at radius 1 is 1.38 bits per heavy atom. The first kappa shape index (κ1) is 9.29. The third kappa shape index (κ3) is 1.82. The molecule has 1 aromatic rings. The molecule has 0 bridgehead atoms. The zero-order valence-electron chi connectivity index (χ0n) is 7.26. The fourth-order valence-electron chi connectivity index (χ4n) is 1.76. The van der Waals surface area contributed by atoms with Gasteiger partial charge in [-0.3, -0.25) is 4.98 Å². The summed E-state index contributed by atoms with van der Waals surface area (Å²) in [4.78, 5) is 4.30. The summed E-state index contributed by atoms with van der Waals surface area (Å²) in [6.45, 7) is 0. The van der Waals surface area contributed by atoms with Crippen LogP contribution in [0.25, 0.3) is 0 Å². The Morgan fingerprint density at radius 2 is 2.23 bits per heavy atom. The lowest BCUT2D eigenvalue weighted by Gasteiger charge is -2.09. The van der Waals surface area contributed by atoms with Crippen LogP contribution < -0.4 is 0 Å². The van der Waals surface area contributed by atoms with E-state index in [1.54, 1.807) is 6.20 Å². The first-order valence-corrected chi connectivity index (χ1v) is 5.38. The van der Waals surface area contributed by atoms with Crippen molar-refractivity contribution in [3.63, 3.8) is 0 Å². The maximum Gasteiger partial charge on any atom is 0.0760 e. The van der Waals surface area contributed by atoms with Gasteiger partial charge in [-0.2, -0.15) is 0 Å². The summed E-state index contributed by atoms with van der Waals surface area (Å²) in [5.74, 6) is 0. The van der Waals surface area contributed by atoms with E-state index in [1.807, 2.05) is 6.07 Å². The minimum Gasteiger partial charge on any atom is -0.259 e. The topological polar surface area (TPSA) is 12.9 Å². The smallest absolute Gasteiger partial charge is 0.0760 e. The Kier molecular flexibility index (Phi) is 2.75. The molecule has 0 aromatic carbocycles. The van der Waals surface area contributed by atoms with Crippen LogP contribution in [0.4, 0.5) is 0 Å². The number of alkyl halides is 1. The molecule has 1 aliphatic carbocycles. The van der Waals surface area contributed by atoms with Crippen LogP contribution in [0.5, 0.6) is 0 Å². The second-order valence-electron chi connectivity index (χ2n) is 3.37. The fraction of sp³-hybridized carbons (Fsp3) is 0.500. The van der Waals surface area contributed by atoms with Crippen molar-refractivity contribution in [2.45, 2.75) is 31.1 Å². The Hall–Kier alpha value is -0.270. The van der Waals surface area contributed by atoms with Gasteiger partial charge in [-0.1, -0.05) is 18.0 Å². The summed E-state index contributed by atoms with van der Waals surface area (Å²) < 4.78 is 0.